The molecule has 0 bridgehead atoms. The highest BCUT2D eigenvalue weighted by molar-refractivity contribution is 6.53. The quantitative estimate of drug-likeness (QED) is 0.152. The number of carbonyl (C=O) groups excluding carboxylic acids is 3. The topological polar surface area (TPSA) is 87.3 Å². The van der Waals surface area contributed by atoms with Gasteiger partial charge >= 0.3 is 6.18 Å². The van der Waals surface area contributed by atoms with Crippen molar-refractivity contribution in [3.05, 3.63) is 87.7 Å². The van der Waals surface area contributed by atoms with E-state index in [4.69, 9.17) is 34.8 Å². The Morgan fingerprint density at radius 2 is 1.53 bits per heavy atom. The zero-order valence-electron chi connectivity index (χ0n) is 25.0. The van der Waals surface area contributed by atoms with Crippen LogP contribution >= 0.6 is 34.8 Å². The fraction of sp³-hybridized carbons (Fsp3) is 0.344. The van der Waals surface area contributed by atoms with Crippen molar-refractivity contribution in [2.45, 2.75) is 56.5 Å². The minimum absolute atomic E-state index is 0.00259. The van der Waals surface area contributed by atoms with Crippen LogP contribution in [0.3, 0.4) is 0 Å². The van der Waals surface area contributed by atoms with Crippen LogP contribution in [0.25, 0.3) is 0 Å². The van der Waals surface area contributed by atoms with Gasteiger partial charge in [0, 0.05) is 18.0 Å². The Balaban J connectivity index is 1.47. The molecule has 252 valence electrons. The third kappa shape index (κ3) is 8.52. The number of hydrogen-bond donors (Lipinski definition) is 3. The van der Waals surface area contributed by atoms with Crippen LogP contribution in [0, 0.1) is 28.8 Å². The van der Waals surface area contributed by atoms with Gasteiger partial charge in [0.1, 0.15) is 21.7 Å². The van der Waals surface area contributed by atoms with Crippen molar-refractivity contribution >= 4 is 69.6 Å². The van der Waals surface area contributed by atoms with E-state index in [-0.39, 0.29) is 33.7 Å². The molecule has 0 heterocycles. The molecule has 3 N–H and O–H groups in total. The molecule has 0 radical (unpaired) electrons. The van der Waals surface area contributed by atoms with E-state index in [1.807, 2.05) is 20.8 Å². The Morgan fingerprint density at radius 1 is 0.872 bits per heavy atom. The molecule has 15 heteroatoms. The van der Waals surface area contributed by atoms with Gasteiger partial charge in [-0.2, -0.15) is 13.2 Å². The number of amides is 3. The molecule has 3 amide bonds. The van der Waals surface area contributed by atoms with Crippen molar-refractivity contribution in [1.29, 1.82) is 0 Å². The number of halogens is 9. The Morgan fingerprint density at radius 3 is 2.17 bits per heavy atom. The van der Waals surface area contributed by atoms with Gasteiger partial charge in [-0.3, -0.25) is 14.4 Å². The summed E-state index contributed by atoms with van der Waals surface area (Å²) in [4.78, 5) is 38.5. The predicted molar refractivity (Wildman–Crippen MR) is 168 cm³/mol. The Kier molecular flexibility index (Phi) is 10.5. The zero-order valence-corrected chi connectivity index (χ0v) is 27.3. The van der Waals surface area contributed by atoms with E-state index in [1.165, 1.54) is 12.1 Å². The second kappa shape index (κ2) is 13.6. The number of carbonyl (C=O) groups is 3. The smallest absolute Gasteiger partial charge is 0.326 e. The second-order valence-corrected chi connectivity index (χ2v) is 14.1. The summed E-state index contributed by atoms with van der Waals surface area (Å²) >= 11 is 18.7. The highest BCUT2D eigenvalue weighted by Gasteiger charge is 2.67. The summed E-state index contributed by atoms with van der Waals surface area (Å²) in [6.45, 7) is 5.98. The summed E-state index contributed by atoms with van der Waals surface area (Å²) in [5.41, 5.74) is -3.15. The van der Waals surface area contributed by atoms with Crippen LogP contribution in [-0.2, 0) is 15.8 Å². The number of benzene rings is 3. The van der Waals surface area contributed by atoms with Crippen molar-refractivity contribution in [3.8, 4) is 0 Å². The molecule has 4 rings (SSSR count). The lowest BCUT2D eigenvalue weighted by Crippen LogP contribution is -2.19. The third-order valence-electron chi connectivity index (χ3n) is 7.40. The average Bonchev–Trinajstić information content (AvgIpc) is 3.54. The fourth-order valence-corrected chi connectivity index (χ4v) is 5.98. The van der Waals surface area contributed by atoms with Crippen LogP contribution in [0.2, 0.25) is 5.02 Å². The van der Waals surface area contributed by atoms with Gasteiger partial charge in [0.05, 0.1) is 27.8 Å². The van der Waals surface area contributed by atoms with Crippen molar-refractivity contribution in [3.63, 3.8) is 0 Å². The van der Waals surface area contributed by atoms with Crippen molar-refractivity contribution in [1.82, 2.24) is 0 Å². The van der Waals surface area contributed by atoms with Gasteiger partial charge in [0.2, 0.25) is 11.8 Å². The third-order valence-corrected chi connectivity index (χ3v) is 8.67. The van der Waals surface area contributed by atoms with E-state index < -0.39 is 74.5 Å². The maximum atomic E-state index is 15.2. The summed E-state index contributed by atoms with van der Waals surface area (Å²) in [7, 11) is 0. The van der Waals surface area contributed by atoms with Crippen LogP contribution in [-0.4, -0.2) is 22.1 Å². The monoisotopic (exact) mass is 721 g/mol. The number of rotatable bonds is 9. The average molecular weight is 723 g/mol. The molecule has 1 aliphatic carbocycles. The molecular formula is C32H28Cl3F6N3O3. The summed E-state index contributed by atoms with van der Waals surface area (Å²) in [5, 5.41) is 6.81. The van der Waals surface area contributed by atoms with Crippen LogP contribution in [0.1, 0.15) is 67.4 Å². The van der Waals surface area contributed by atoms with Gasteiger partial charge in [0.15, 0.2) is 5.82 Å². The molecule has 1 unspecified atom stereocenters. The Bertz CT molecular complexity index is 1730. The van der Waals surface area contributed by atoms with Crippen molar-refractivity contribution < 1.29 is 40.7 Å². The van der Waals surface area contributed by atoms with Crippen molar-refractivity contribution in [2.24, 2.45) is 11.3 Å². The number of hydrogen-bond acceptors (Lipinski definition) is 3. The first-order chi connectivity index (χ1) is 21.7. The van der Waals surface area contributed by atoms with Crippen LogP contribution in [0.4, 0.5) is 43.4 Å². The van der Waals surface area contributed by atoms with Gasteiger partial charge in [0.25, 0.3) is 5.91 Å². The van der Waals surface area contributed by atoms with E-state index in [1.54, 1.807) is 0 Å². The van der Waals surface area contributed by atoms with Crippen LogP contribution in [0.5, 0.6) is 0 Å². The van der Waals surface area contributed by atoms with E-state index in [9.17, 15) is 36.3 Å². The Labute approximate surface area is 281 Å². The van der Waals surface area contributed by atoms with E-state index in [0.29, 0.717) is 25.0 Å². The van der Waals surface area contributed by atoms with Gasteiger partial charge in [-0.05, 0) is 66.3 Å². The highest BCUT2D eigenvalue weighted by Crippen LogP contribution is 2.65. The van der Waals surface area contributed by atoms with E-state index in [2.05, 4.69) is 16.0 Å². The summed E-state index contributed by atoms with van der Waals surface area (Å²) in [6.07, 6.45) is -3.77. The summed E-state index contributed by atoms with van der Waals surface area (Å²) in [5.74, 6) is -8.56. The van der Waals surface area contributed by atoms with Gasteiger partial charge in [-0.1, -0.05) is 38.4 Å². The SMILES string of the molecule is CC(C)(C)CCCC(=O)Nc1c(F)ccc(NC(=O)c2cc(NC(=O)[C@H]3C(c4ccc(F)c(C(F)(F)F)c4)C3(Cl)Cl)ccc2Cl)c1F. The molecule has 1 fully saturated rings. The largest absolute Gasteiger partial charge is 0.419 e. The lowest BCUT2D eigenvalue weighted by atomic mass is 9.90. The van der Waals surface area contributed by atoms with E-state index >= 15 is 4.39 Å². The highest BCUT2D eigenvalue weighted by atomic mass is 35.5. The van der Waals surface area contributed by atoms with Crippen molar-refractivity contribution in [2.75, 3.05) is 16.0 Å². The normalized spacial score (nSPS) is 17.2. The molecule has 47 heavy (non-hydrogen) atoms. The minimum atomic E-state index is -4.99. The molecule has 0 aromatic heterocycles. The van der Waals surface area contributed by atoms with Crippen LogP contribution < -0.4 is 16.0 Å². The molecule has 0 spiro atoms. The standard InChI is InChI=1S/C32H28Cl3F6N3O3/c1-30(2,3)12-4-5-23(45)44-27-21(37)10-11-22(26(27)38)43-28(46)17-14-16(7-8-19(17)33)42-29(47)25-24(31(25,34)35)15-6-9-20(36)18(13-15)32(39,40)41/h6-11,13-14,24-25H,4-5,12H2,1-3H3,(H,42,47)(H,43,46)(H,44,45)/t24?,25-/m1/s1. The lowest BCUT2D eigenvalue weighted by Gasteiger charge is -2.17. The minimum Gasteiger partial charge on any atom is -0.326 e. The fourth-order valence-electron chi connectivity index (χ4n) is 4.95. The first kappa shape index (κ1) is 36.4. The zero-order chi connectivity index (χ0) is 35.1. The number of alkyl halides is 5. The van der Waals surface area contributed by atoms with Gasteiger partial charge < -0.3 is 16.0 Å². The van der Waals surface area contributed by atoms with E-state index in [0.717, 1.165) is 24.3 Å². The number of nitrogens with one attached hydrogen (secondary N) is 3. The molecule has 3 aromatic carbocycles. The molecule has 0 saturated heterocycles. The predicted octanol–water partition coefficient (Wildman–Crippen LogP) is 9.71. The van der Waals surface area contributed by atoms with Crippen LogP contribution in [0.15, 0.2) is 48.5 Å². The first-order valence-electron chi connectivity index (χ1n) is 14.1. The molecule has 1 aliphatic rings. The molecule has 1 saturated carbocycles. The maximum Gasteiger partial charge on any atom is 0.419 e. The first-order valence-corrected chi connectivity index (χ1v) is 15.3. The Hall–Kier alpha value is -3.48. The maximum absolute atomic E-state index is 15.2. The van der Waals surface area contributed by atoms with Gasteiger partial charge in [-0.15, -0.1) is 23.2 Å². The molecular weight excluding hydrogens is 695 g/mol. The number of anilines is 3. The molecule has 3 aromatic rings. The molecule has 6 nitrogen and oxygen atoms in total. The molecule has 2 atom stereocenters. The summed E-state index contributed by atoms with van der Waals surface area (Å²) in [6, 6.07) is 7.68. The summed E-state index contributed by atoms with van der Waals surface area (Å²) < 4.78 is 81.3. The molecule has 0 aliphatic heterocycles. The second-order valence-electron chi connectivity index (χ2n) is 12.3. The van der Waals surface area contributed by atoms with Gasteiger partial charge in [-0.25, -0.2) is 13.2 Å². The lowest BCUT2D eigenvalue weighted by molar-refractivity contribution is -0.140.